The predicted molar refractivity (Wildman–Crippen MR) is 35.9 cm³/mol. The van der Waals surface area contributed by atoms with Crippen molar-refractivity contribution in [2.45, 2.75) is 0 Å². The fraction of sp³-hybridized carbons (Fsp3) is 0. The summed E-state index contributed by atoms with van der Waals surface area (Å²) in [6.45, 7) is 0. The maximum absolute atomic E-state index is 10.0. The molecule has 0 aliphatic heterocycles. The van der Waals surface area contributed by atoms with E-state index in [-0.39, 0.29) is 0 Å². The molecule has 9 heteroatoms. The molecule has 0 spiro atoms. The van der Waals surface area contributed by atoms with Crippen LogP contribution in [0, 0.1) is 0 Å². The minimum atomic E-state index is -4.16. The lowest BCUT2D eigenvalue weighted by Gasteiger charge is -1.97. The molecule has 5 nitrogen and oxygen atoms in total. The molecule has 1 unspecified atom stereocenters. The molecule has 2 radical (unpaired) electrons. The third-order valence-corrected chi connectivity index (χ3v) is 2.61. The number of nitrogens with one attached hydrogen (secondary N) is 1. The van der Waals surface area contributed by atoms with Crippen molar-refractivity contribution < 1.29 is 17.2 Å². The summed E-state index contributed by atoms with van der Waals surface area (Å²) in [6, 6.07) is 0. The largest absolute Gasteiger partial charge is 0.293 e. The highest BCUT2D eigenvalue weighted by molar-refractivity contribution is 8.34. The molecule has 0 aromatic rings. The second-order valence-electron chi connectivity index (χ2n) is 1.10. The molecular weight excluding hydrogens is 185 g/mol. The lowest BCUT2D eigenvalue weighted by molar-refractivity contribution is 0.554. The van der Waals surface area contributed by atoms with Crippen LogP contribution in [0.1, 0.15) is 0 Å². The third kappa shape index (κ3) is 8.30. The zero-order chi connectivity index (χ0) is 7.71. The van der Waals surface area contributed by atoms with Gasteiger partial charge in [0.05, 0.1) is 0 Å². The second kappa shape index (κ2) is 2.50. The number of hydrogen-bond donors (Lipinski definition) is 2. The summed E-state index contributed by atoms with van der Waals surface area (Å²) in [5.41, 5.74) is 0. The smallest absolute Gasteiger partial charge is 0.279 e. The van der Waals surface area contributed by atoms with Crippen molar-refractivity contribution in [2.24, 2.45) is 0 Å². The van der Waals surface area contributed by atoms with Gasteiger partial charge in [0, 0.05) is 11.2 Å². The van der Waals surface area contributed by atoms with Crippen molar-refractivity contribution in [3.8, 4) is 0 Å². The third-order valence-electron chi connectivity index (χ3n) is 0.221. The van der Waals surface area contributed by atoms with Gasteiger partial charge in [0.25, 0.3) is 7.12 Å². The van der Waals surface area contributed by atoms with Gasteiger partial charge in [-0.1, -0.05) is 0 Å². The molecule has 0 rings (SSSR count). The Kier molecular flexibility index (Phi) is 2.59. The summed E-state index contributed by atoms with van der Waals surface area (Å²) >= 11 is 3.75. The fourth-order valence-corrected chi connectivity index (χ4v) is 2.17. The first-order valence-electron chi connectivity index (χ1n) is 1.49. The van der Waals surface area contributed by atoms with Gasteiger partial charge in [-0.05, 0) is 0 Å². The summed E-state index contributed by atoms with van der Waals surface area (Å²) in [6.07, 6.45) is 0. The van der Waals surface area contributed by atoms with Crippen LogP contribution in [0.4, 0.5) is 0 Å². The molecule has 0 saturated carbocycles. The Morgan fingerprint density at radius 3 is 1.78 bits per heavy atom. The summed E-state index contributed by atoms with van der Waals surface area (Å²) in [4.78, 5) is 0. The molecule has 52 valence electrons. The van der Waals surface area contributed by atoms with Crippen LogP contribution in [0.3, 0.4) is 0 Å². The van der Waals surface area contributed by atoms with Crippen molar-refractivity contribution in [3.63, 3.8) is 0 Å². The first-order valence-corrected chi connectivity index (χ1v) is 5.48. The SMILES string of the molecule is [B]S(=O)(=O)NS(=O)(O)=S. The Hall–Kier alpha value is 0.305. The Labute approximate surface area is 58.8 Å². The fourth-order valence-electron chi connectivity index (χ4n) is 0.147. The van der Waals surface area contributed by atoms with E-state index in [1.54, 1.807) is 0 Å². The van der Waals surface area contributed by atoms with Crippen LogP contribution < -0.4 is 4.13 Å². The van der Waals surface area contributed by atoms with E-state index < -0.39 is 18.8 Å². The average molecular weight is 187 g/mol. The van der Waals surface area contributed by atoms with Crippen LogP contribution in [0.15, 0.2) is 0 Å². The average Bonchev–Trinajstić information content (AvgIpc) is 1.14. The highest BCUT2D eigenvalue weighted by Crippen LogP contribution is 1.78. The van der Waals surface area contributed by atoms with Gasteiger partial charge in [0.1, 0.15) is 0 Å². The van der Waals surface area contributed by atoms with E-state index in [0.717, 1.165) is 4.13 Å². The van der Waals surface area contributed by atoms with Crippen LogP contribution in [0.25, 0.3) is 0 Å². The van der Waals surface area contributed by atoms with Crippen LogP contribution in [0.5, 0.6) is 0 Å². The van der Waals surface area contributed by atoms with Gasteiger partial charge < -0.3 is 0 Å². The van der Waals surface area contributed by atoms with Crippen LogP contribution in [0.2, 0.25) is 0 Å². The van der Waals surface area contributed by atoms with Crippen molar-refractivity contribution >= 4 is 37.1 Å². The van der Waals surface area contributed by atoms with E-state index in [0.29, 0.717) is 0 Å². The van der Waals surface area contributed by atoms with Crippen LogP contribution in [-0.2, 0) is 30.0 Å². The summed E-state index contributed by atoms with van der Waals surface area (Å²) in [7, 11) is -3.80. The van der Waals surface area contributed by atoms with Crippen molar-refractivity contribution in [1.29, 1.82) is 0 Å². The molecule has 1 atom stereocenters. The number of hydrogen-bond acceptors (Lipinski definition) is 4. The molecule has 9 heavy (non-hydrogen) atoms. The van der Waals surface area contributed by atoms with Gasteiger partial charge in [-0.25, -0.2) is 12.6 Å². The van der Waals surface area contributed by atoms with Crippen LogP contribution in [-0.4, -0.2) is 24.3 Å². The second-order valence-corrected chi connectivity index (χ2v) is 5.17. The summed E-state index contributed by atoms with van der Waals surface area (Å²) < 4.78 is 39.0. The normalized spacial score (nSPS) is 18.8. The van der Waals surface area contributed by atoms with Crippen LogP contribution >= 0.6 is 0 Å². The van der Waals surface area contributed by atoms with E-state index in [9.17, 15) is 12.6 Å². The molecule has 0 aliphatic rings. The van der Waals surface area contributed by atoms with Crippen molar-refractivity contribution in [1.82, 2.24) is 4.13 Å². The Bertz CT molecular complexity index is 241. The molecular formula is H2BNO4S3. The maximum Gasteiger partial charge on any atom is 0.279 e. The minimum absolute atomic E-state index is 1.11. The molecule has 0 aromatic heterocycles. The van der Waals surface area contributed by atoms with E-state index in [1.165, 1.54) is 0 Å². The van der Waals surface area contributed by atoms with Crippen molar-refractivity contribution in [3.05, 3.63) is 0 Å². The minimum Gasteiger partial charge on any atom is -0.293 e. The first kappa shape index (κ1) is 9.30. The molecule has 0 saturated heterocycles. The van der Waals surface area contributed by atoms with Gasteiger partial charge in [-0.3, -0.25) is 4.55 Å². The highest BCUT2D eigenvalue weighted by Gasteiger charge is 2.06. The monoisotopic (exact) mass is 187 g/mol. The van der Waals surface area contributed by atoms with Gasteiger partial charge in [-0.2, -0.15) is 0 Å². The van der Waals surface area contributed by atoms with E-state index >= 15 is 0 Å². The molecule has 2 N–H and O–H groups in total. The van der Waals surface area contributed by atoms with E-state index in [2.05, 4.69) is 18.3 Å². The zero-order valence-electron chi connectivity index (χ0n) is 3.97. The first-order chi connectivity index (χ1) is 3.71. The van der Waals surface area contributed by atoms with Gasteiger partial charge in [0.15, 0.2) is 9.87 Å². The Morgan fingerprint density at radius 2 is 1.78 bits per heavy atom. The molecule has 0 aliphatic carbocycles. The molecule has 0 fully saturated rings. The quantitative estimate of drug-likeness (QED) is 0.494. The van der Waals surface area contributed by atoms with Gasteiger partial charge >= 0.3 is 0 Å². The maximum atomic E-state index is 10.0. The van der Waals surface area contributed by atoms with Gasteiger partial charge in [0.2, 0.25) is 8.96 Å². The molecule has 0 amide bonds. The lowest BCUT2D eigenvalue weighted by atomic mass is 10.8. The predicted octanol–water partition coefficient (Wildman–Crippen LogP) is -1.88. The van der Waals surface area contributed by atoms with Crippen molar-refractivity contribution in [2.75, 3.05) is 0 Å². The lowest BCUT2D eigenvalue weighted by Crippen LogP contribution is -2.28. The molecule has 0 aromatic carbocycles. The standard InChI is InChI=1S/BH2NO4S3/c1-8(3,4)2-9(5,6)7/h2H,(H,5,6,7). The molecule has 0 bridgehead atoms. The Balaban J connectivity index is 4.46. The Morgan fingerprint density at radius 1 is 1.44 bits per heavy atom. The summed E-state index contributed by atoms with van der Waals surface area (Å²) in [5.74, 6) is 0. The van der Waals surface area contributed by atoms with Gasteiger partial charge in [-0.15, -0.1) is 4.13 Å². The van der Waals surface area contributed by atoms with E-state index in [1.807, 2.05) is 0 Å². The van der Waals surface area contributed by atoms with E-state index in [4.69, 9.17) is 4.55 Å². The number of rotatable bonds is 2. The zero-order valence-corrected chi connectivity index (χ0v) is 6.42. The topological polar surface area (TPSA) is 83.5 Å². The molecule has 0 heterocycles. The highest BCUT2D eigenvalue weighted by atomic mass is 32.9. The summed E-state index contributed by atoms with van der Waals surface area (Å²) in [5, 5.41) is 0.